The van der Waals surface area contributed by atoms with Gasteiger partial charge < -0.3 is 8.83 Å². The topological polar surface area (TPSA) is 86.2 Å². The van der Waals surface area contributed by atoms with Crippen molar-refractivity contribution in [2.75, 3.05) is 0 Å². The van der Waals surface area contributed by atoms with E-state index in [1.165, 1.54) is 12.4 Å². The van der Waals surface area contributed by atoms with Crippen molar-refractivity contribution in [2.45, 2.75) is 0 Å². The lowest BCUT2D eigenvalue weighted by Gasteiger charge is -2.07. The van der Waals surface area contributed by atoms with Gasteiger partial charge in [-0.2, -0.15) is 0 Å². The van der Waals surface area contributed by atoms with Crippen LogP contribution in [0.5, 0.6) is 0 Å². The Labute approximate surface area is 203 Å². The second-order valence-corrected chi connectivity index (χ2v) is 8.58. The first-order chi connectivity index (χ1) is 17.7. The first kappa shape index (κ1) is 20.3. The van der Waals surface area contributed by atoms with Crippen LogP contribution < -0.4 is 11.3 Å². The van der Waals surface area contributed by atoms with Gasteiger partial charge in [0.05, 0.1) is 34.9 Å². The Bertz CT molecular complexity index is 1940. The second kappa shape index (κ2) is 7.71. The zero-order valence-corrected chi connectivity index (χ0v) is 18.8. The van der Waals surface area contributed by atoms with E-state index >= 15 is 0 Å². The molecule has 7 rings (SSSR count). The minimum Gasteiger partial charge on any atom is -0.422 e. The average Bonchev–Trinajstić information content (AvgIpc) is 2.92. The minimum absolute atomic E-state index is 0.300. The highest BCUT2D eigenvalue weighted by Crippen LogP contribution is 2.29. The van der Waals surface area contributed by atoms with Crippen LogP contribution in [0, 0.1) is 0 Å². The molecule has 3 aromatic heterocycles. The van der Waals surface area contributed by atoms with Crippen LogP contribution in [0.25, 0.3) is 66.0 Å². The smallest absolute Gasteiger partial charge is 0.345 e. The molecule has 6 nitrogen and oxygen atoms in total. The van der Waals surface area contributed by atoms with Crippen LogP contribution in [0.3, 0.4) is 0 Å². The molecule has 6 heteroatoms. The molecule has 4 aromatic carbocycles. The highest BCUT2D eigenvalue weighted by atomic mass is 16.4. The van der Waals surface area contributed by atoms with Crippen molar-refractivity contribution in [3.63, 3.8) is 0 Å². The van der Waals surface area contributed by atoms with Gasteiger partial charge in [0.2, 0.25) is 0 Å². The zero-order chi connectivity index (χ0) is 24.2. The molecule has 0 atom stereocenters. The molecule has 0 aliphatic heterocycles. The highest BCUT2D eigenvalue weighted by molar-refractivity contribution is 6.07. The Hall–Kier alpha value is -5.10. The number of fused-ring (bicyclic) bond motifs is 6. The van der Waals surface area contributed by atoms with Gasteiger partial charge in [-0.3, -0.25) is 9.97 Å². The molecule has 0 radical (unpaired) electrons. The number of hydrogen-bond donors (Lipinski definition) is 0. The number of nitrogens with zero attached hydrogens (tertiary/aromatic N) is 2. The number of rotatable bonds is 2. The van der Waals surface area contributed by atoms with Gasteiger partial charge in [0.1, 0.15) is 11.2 Å². The normalized spacial score (nSPS) is 11.6. The Kier molecular flexibility index (Phi) is 4.35. The van der Waals surface area contributed by atoms with E-state index in [4.69, 9.17) is 8.83 Å². The molecule has 0 fully saturated rings. The molecular formula is C30H16N2O4. The number of hydrogen-bond acceptors (Lipinski definition) is 6. The van der Waals surface area contributed by atoms with Crippen molar-refractivity contribution in [3.05, 3.63) is 118 Å². The van der Waals surface area contributed by atoms with Gasteiger partial charge >= 0.3 is 11.3 Å². The van der Waals surface area contributed by atoms with Gasteiger partial charge in [-0.1, -0.05) is 60.7 Å². The third-order valence-electron chi connectivity index (χ3n) is 6.49. The summed E-state index contributed by atoms with van der Waals surface area (Å²) in [6, 6.07) is 26.8. The fourth-order valence-corrected chi connectivity index (χ4v) is 4.71. The van der Waals surface area contributed by atoms with E-state index < -0.39 is 11.3 Å². The Morgan fingerprint density at radius 1 is 0.500 bits per heavy atom. The summed E-state index contributed by atoms with van der Waals surface area (Å²) in [5.74, 6) is 0. The lowest BCUT2D eigenvalue weighted by atomic mass is 10.0. The first-order valence-electron chi connectivity index (χ1n) is 11.4. The van der Waals surface area contributed by atoms with Gasteiger partial charge in [0.15, 0.2) is 0 Å². The van der Waals surface area contributed by atoms with E-state index in [0.29, 0.717) is 33.7 Å². The molecule has 0 N–H and O–H groups in total. The maximum absolute atomic E-state index is 12.8. The van der Waals surface area contributed by atoms with Gasteiger partial charge in [0.25, 0.3) is 0 Å². The van der Waals surface area contributed by atoms with E-state index in [1.54, 1.807) is 24.3 Å². The molecule has 0 aliphatic rings. The third kappa shape index (κ3) is 3.12. The lowest BCUT2D eigenvalue weighted by Crippen LogP contribution is -2.07. The quantitative estimate of drug-likeness (QED) is 0.218. The second-order valence-electron chi connectivity index (χ2n) is 8.58. The molecule has 36 heavy (non-hydrogen) atoms. The van der Waals surface area contributed by atoms with Gasteiger partial charge in [0, 0.05) is 10.8 Å². The van der Waals surface area contributed by atoms with E-state index in [-0.39, 0.29) is 0 Å². The largest absolute Gasteiger partial charge is 0.422 e. The fraction of sp³-hybridized carbons (Fsp3) is 0. The SMILES string of the molecule is O=c1oc2ccc3ccccc3c2cc1-c1cnc(-c2cc3c(ccc4ccccc43)oc2=O)cn1. The summed E-state index contributed by atoms with van der Waals surface area (Å²) in [6.07, 6.45) is 2.95. The maximum atomic E-state index is 12.8. The standard InChI is InChI=1S/C30H16N2O4/c33-29-23(13-21-19-7-3-1-5-17(19)9-11-27(21)35-29)25-15-32-26(16-31-25)24-14-22-20-8-4-2-6-18(20)10-12-28(22)36-30(24)34/h1-16H. The van der Waals surface area contributed by atoms with Gasteiger partial charge in [-0.05, 0) is 45.8 Å². The van der Waals surface area contributed by atoms with Crippen LogP contribution >= 0.6 is 0 Å². The Morgan fingerprint density at radius 2 is 0.944 bits per heavy atom. The molecule has 0 unspecified atom stereocenters. The number of benzene rings is 4. The van der Waals surface area contributed by atoms with Crippen molar-refractivity contribution in [1.29, 1.82) is 0 Å². The molecular weight excluding hydrogens is 452 g/mol. The van der Waals surface area contributed by atoms with Crippen molar-refractivity contribution >= 4 is 43.5 Å². The lowest BCUT2D eigenvalue weighted by molar-refractivity contribution is 0.562. The predicted octanol–water partition coefficient (Wildman–Crippen LogP) is 6.33. The molecule has 0 amide bonds. The zero-order valence-electron chi connectivity index (χ0n) is 18.8. The number of aromatic nitrogens is 2. The highest BCUT2D eigenvalue weighted by Gasteiger charge is 2.15. The molecule has 0 spiro atoms. The molecule has 170 valence electrons. The first-order valence-corrected chi connectivity index (χ1v) is 11.4. The summed E-state index contributed by atoms with van der Waals surface area (Å²) in [4.78, 5) is 34.4. The molecule has 0 aliphatic carbocycles. The van der Waals surface area contributed by atoms with Crippen molar-refractivity contribution < 1.29 is 8.83 Å². The van der Waals surface area contributed by atoms with Crippen molar-refractivity contribution in [3.8, 4) is 22.5 Å². The summed E-state index contributed by atoms with van der Waals surface area (Å²) in [6.45, 7) is 0. The molecule has 3 heterocycles. The van der Waals surface area contributed by atoms with E-state index in [1.807, 2.05) is 60.7 Å². The summed E-state index contributed by atoms with van der Waals surface area (Å²) in [5, 5.41) is 5.67. The van der Waals surface area contributed by atoms with E-state index in [0.717, 1.165) is 32.3 Å². The summed E-state index contributed by atoms with van der Waals surface area (Å²) < 4.78 is 11.2. The van der Waals surface area contributed by atoms with Gasteiger partial charge in [-0.25, -0.2) is 9.59 Å². The summed E-state index contributed by atoms with van der Waals surface area (Å²) >= 11 is 0. The third-order valence-corrected chi connectivity index (χ3v) is 6.49. The Balaban J connectivity index is 1.37. The van der Waals surface area contributed by atoms with Crippen LogP contribution in [0.2, 0.25) is 0 Å². The van der Waals surface area contributed by atoms with E-state index in [9.17, 15) is 9.59 Å². The van der Waals surface area contributed by atoms with Gasteiger partial charge in [-0.15, -0.1) is 0 Å². The monoisotopic (exact) mass is 468 g/mol. The van der Waals surface area contributed by atoms with Crippen LogP contribution in [-0.2, 0) is 0 Å². The summed E-state index contributed by atoms with van der Waals surface area (Å²) in [7, 11) is 0. The van der Waals surface area contributed by atoms with Crippen LogP contribution in [0.4, 0.5) is 0 Å². The van der Waals surface area contributed by atoms with Crippen LogP contribution in [0.1, 0.15) is 0 Å². The minimum atomic E-state index is -0.503. The average molecular weight is 468 g/mol. The fourth-order valence-electron chi connectivity index (χ4n) is 4.71. The predicted molar refractivity (Wildman–Crippen MR) is 140 cm³/mol. The molecule has 0 bridgehead atoms. The maximum Gasteiger partial charge on any atom is 0.345 e. The molecule has 0 saturated heterocycles. The van der Waals surface area contributed by atoms with Crippen molar-refractivity contribution in [2.24, 2.45) is 0 Å². The van der Waals surface area contributed by atoms with Crippen LogP contribution in [0.15, 0.2) is 116 Å². The molecule has 7 aromatic rings. The van der Waals surface area contributed by atoms with Crippen molar-refractivity contribution in [1.82, 2.24) is 9.97 Å². The molecule has 0 saturated carbocycles. The Morgan fingerprint density at radius 3 is 1.39 bits per heavy atom. The van der Waals surface area contributed by atoms with E-state index in [2.05, 4.69) is 9.97 Å². The summed E-state index contributed by atoms with van der Waals surface area (Å²) in [5.41, 5.74) is 1.33. The van der Waals surface area contributed by atoms with Crippen LogP contribution in [-0.4, -0.2) is 9.97 Å².